The number of amides is 1. The number of piperidine rings is 1. The average Bonchev–Trinajstić information content (AvgIpc) is 2.48. The Morgan fingerprint density at radius 2 is 2.05 bits per heavy atom. The van der Waals surface area contributed by atoms with E-state index < -0.39 is 10.7 Å². The molecule has 1 amide bonds. The molecule has 1 fully saturated rings. The first-order chi connectivity index (χ1) is 10.1. The van der Waals surface area contributed by atoms with Gasteiger partial charge < -0.3 is 10.2 Å². The van der Waals surface area contributed by atoms with Gasteiger partial charge in [0.15, 0.2) is 0 Å². The Morgan fingerprint density at radius 1 is 1.33 bits per heavy atom. The number of rotatable bonds is 5. The van der Waals surface area contributed by atoms with Crippen molar-refractivity contribution >= 4 is 11.6 Å². The van der Waals surface area contributed by atoms with E-state index in [0.29, 0.717) is 0 Å². The summed E-state index contributed by atoms with van der Waals surface area (Å²) in [4.78, 5) is 24.0. The molecule has 0 atom stereocenters. The Hall–Kier alpha value is -2.02. The third-order valence-electron chi connectivity index (χ3n) is 3.54. The molecule has 2 rings (SSSR count). The number of likely N-dealkylation sites (tertiary alicyclic amines) is 1. The molecule has 0 bridgehead atoms. The fourth-order valence-corrected chi connectivity index (χ4v) is 2.43. The highest BCUT2D eigenvalue weighted by Gasteiger charge is 2.17. The van der Waals surface area contributed by atoms with E-state index in [9.17, 15) is 19.3 Å². The molecule has 1 aliphatic heterocycles. The van der Waals surface area contributed by atoms with Crippen molar-refractivity contribution in [2.24, 2.45) is 0 Å². The minimum Gasteiger partial charge on any atom is -0.342 e. The Kier molecular flexibility index (Phi) is 5.21. The summed E-state index contributed by atoms with van der Waals surface area (Å²) in [5, 5.41) is 13.7. The Morgan fingerprint density at radius 3 is 2.71 bits per heavy atom. The number of carbonyl (C=O) groups is 1. The first kappa shape index (κ1) is 15.4. The van der Waals surface area contributed by atoms with Crippen molar-refractivity contribution in [3.8, 4) is 0 Å². The topological polar surface area (TPSA) is 75.5 Å². The van der Waals surface area contributed by atoms with E-state index in [2.05, 4.69) is 5.32 Å². The number of hydrogen-bond acceptors (Lipinski definition) is 4. The Labute approximate surface area is 122 Å². The number of nitrogens with zero attached hydrogens (tertiary/aromatic N) is 2. The van der Waals surface area contributed by atoms with E-state index in [1.165, 1.54) is 0 Å². The molecule has 0 aliphatic carbocycles. The monoisotopic (exact) mass is 295 g/mol. The number of nitro benzene ring substituents is 1. The SMILES string of the molecule is O=C(CNCc1cc(F)ccc1[N+](=O)[O-])N1CCCCC1. The molecule has 0 aromatic heterocycles. The van der Waals surface area contributed by atoms with E-state index in [-0.39, 0.29) is 30.2 Å². The molecule has 1 heterocycles. The van der Waals surface area contributed by atoms with Gasteiger partial charge in [0.05, 0.1) is 11.5 Å². The molecule has 114 valence electrons. The predicted octanol–water partition coefficient (Wildman–Crippen LogP) is 1.84. The maximum atomic E-state index is 13.2. The van der Waals surface area contributed by atoms with Gasteiger partial charge in [-0.05, 0) is 31.4 Å². The fourth-order valence-electron chi connectivity index (χ4n) is 2.43. The van der Waals surface area contributed by atoms with Crippen LogP contribution in [0.4, 0.5) is 10.1 Å². The zero-order valence-electron chi connectivity index (χ0n) is 11.7. The van der Waals surface area contributed by atoms with Gasteiger partial charge in [-0.1, -0.05) is 0 Å². The van der Waals surface area contributed by atoms with Crippen LogP contribution in [-0.2, 0) is 11.3 Å². The zero-order chi connectivity index (χ0) is 15.2. The molecule has 0 unspecified atom stereocenters. The average molecular weight is 295 g/mol. The van der Waals surface area contributed by atoms with Gasteiger partial charge in [-0.25, -0.2) is 4.39 Å². The standard InChI is InChI=1S/C14H18FN3O3/c15-12-4-5-13(18(20)21)11(8-12)9-16-10-14(19)17-6-2-1-3-7-17/h4-5,8,16H,1-3,6-7,9-10H2. The third-order valence-corrected chi connectivity index (χ3v) is 3.54. The van der Waals surface area contributed by atoms with Gasteiger partial charge in [-0.3, -0.25) is 14.9 Å². The summed E-state index contributed by atoms with van der Waals surface area (Å²) in [5.74, 6) is -0.548. The first-order valence-electron chi connectivity index (χ1n) is 6.99. The van der Waals surface area contributed by atoms with Crippen LogP contribution in [0, 0.1) is 15.9 Å². The molecule has 1 saturated heterocycles. The number of nitrogens with one attached hydrogen (secondary N) is 1. The van der Waals surface area contributed by atoms with E-state index in [1.807, 2.05) is 0 Å². The van der Waals surface area contributed by atoms with Crippen molar-refractivity contribution < 1.29 is 14.1 Å². The summed E-state index contributed by atoms with van der Waals surface area (Å²) in [6.07, 6.45) is 3.18. The van der Waals surface area contributed by atoms with Crippen molar-refractivity contribution in [3.63, 3.8) is 0 Å². The minimum atomic E-state index is -0.553. The normalized spacial score (nSPS) is 15.0. The maximum absolute atomic E-state index is 13.2. The second kappa shape index (κ2) is 7.12. The van der Waals surface area contributed by atoms with Gasteiger partial charge in [0.25, 0.3) is 5.69 Å². The van der Waals surface area contributed by atoms with Crippen molar-refractivity contribution in [2.45, 2.75) is 25.8 Å². The third kappa shape index (κ3) is 4.22. The summed E-state index contributed by atoms with van der Waals surface area (Å²) in [5.41, 5.74) is 0.0979. The van der Waals surface area contributed by atoms with Crippen LogP contribution >= 0.6 is 0 Å². The molecule has 21 heavy (non-hydrogen) atoms. The quantitative estimate of drug-likeness (QED) is 0.664. The summed E-state index contributed by atoms with van der Waals surface area (Å²) < 4.78 is 13.2. The fraction of sp³-hybridized carbons (Fsp3) is 0.500. The molecule has 0 spiro atoms. The predicted molar refractivity (Wildman–Crippen MR) is 75.2 cm³/mol. The molecule has 0 radical (unpaired) electrons. The summed E-state index contributed by atoms with van der Waals surface area (Å²) >= 11 is 0. The van der Waals surface area contributed by atoms with Crippen LogP contribution in [0.1, 0.15) is 24.8 Å². The second-order valence-electron chi connectivity index (χ2n) is 5.08. The maximum Gasteiger partial charge on any atom is 0.274 e. The number of nitro groups is 1. The van der Waals surface area contributed by atoms with Gasteiger partial charge >= 0.3 is 0 Å². The molecule has 1 aromatic carbocycles. The molecular formula is C14H18FN3O3. The largest absolute Gasteiger partial charge is 0.342 e. The van der Waals surface area contributed by atoms with Crippen molar-refractivity contribution in [2.75, 3.05) is 19.6 Å². The lowest BCUT2D eigenvalue weighted by Gasteiger charge is -2.26. The first-order valence-corrected chi connectivity index (χ1v) is 6.99. The summed E-state index contributed by atoms with van der Waals surface area (Å²) in [7, 11) is 0. The molecule has 7 heteroatoms. The minimum absolute atomic E-state index is 0.0197. The highest BCUT2D eigenvalue weighted by atomic mass is 19.1. The molecule has 0 saturated carbocycles. The smallest absolute Gasteiger partial charge is 0.274 e. The lowest BCUT2D eigenvalue weighted by molar-refractivity contribution is -0.385. The van der Waals surface area contributed by atoms with Gasteiger partial charge in [0, 0.05) is 31.3 Å². The Bertz CT molecular complexity index is 530. The summed E-state index contributed by atoms with van der Waals surface area (Å²) in [6, 6.07) is 3.32. The highest BCUT2D eigenvalue weighted by Crippen LogP contribution is 2.19. The molecular weight excluding hydrogens is 277 g/mol. The number of halogens is 1. The summed E-state index contributed by atoms with van der Waals surface area (Å²) in [6.45, 7) is 1.72. The lowest BCUT2D eigenvalue weighted by atomic mass is 10.1. The zero-order valence-corrected chi connectivity index (χ0v) is 11.7. The van der Waals surface area contributed by atoms with E-state index >= 15 is 0 Å². The van der Waals surface area contributed by atoms with Crippen LogP contribution in [0.3, 0.4) is 0 Å². The van der Waals surface area contributed by atoms with Crippen LogP contribution < -0.4 is 5.32 Å². The molecule has 1 N–H and O–H groups in total. The molecule has 6 nitrogen and oxygen atoms in total. The van der Waals surface area contributed by atoms with E-state index in [0.717, 1.165) is 50.6 Å². The van der Waals surface area contributed by atoms with Gasteiger partial charge in [0.1, 0.15) is 5.82 Å². The van der Waals surface area contributed by atoms with Crippen molar-refractivity contribution in [3.05, 3.63) is 39.7 Å². The van der Waals surface area contributed by atoms with Crippen LogP contribution in [0.5, 0.6) is 0 Å². The van der Waals surface area contributed by atoms with Gasteiger partial charge in [-0.2, -0.15) is 0 Å². The van der Waals surface area contributed by atoms with Crippen molar-refractivity contribution in [1.29, 1.82) is 0 Å². The second-order valence-corrected chi connectivity index (χ2v) is 5.08. The van der Waals surface area contributed by atoms with Crippen molar-refractivity contribution in [1.82, 2.24) is 10.2 Å². The number of carbonyl (C=O) groups excluding carboxylic acids is 1. The number of hydrogen-bond donors (Lipinski definition) is 1. The van der Waals surface area contributed by atoms with Crippen LogP contribution in [0.25, 0.3) is 0 Å². The molecule has 1 aromatic rings. The van der Waals surface area contributed by atoms with Gasteiger partial charge in [0.2, 0.25) is 5.91 Å². The lowest BCUT2D eigenvalue weighted by Crippen LogP contribution is -2.41. The van der Waals surface area contributed by atoms with Gasteiger partial charge in [-0.15, -0.1) is 0 Å². The van der Waals surface area contributed by atoms with E-state index in [1.54, 1.807) is 4.90 Å². The van der Waals surface area contributed by atoms with Crippen LogP contribution in [-0.4, -0.2) is 35.4 Å². The van der Waals surface area contributed by atoms with E-state index in [4.69, 9.17) is 0 Å². The highest BCUT2D eigenvalue weighted by molar-refractivity contribution is 5.78. The Balaban J connectivity index is 1.89. The van der Waals surface area contributed by atoms with Crippen LogP contribution in [0.15, 0.2) is 18.2 Å². The number of benzene rings is 1. The molecule has 1 aliphatic rings. The van der Waals surface area contributed by atoms with Crippen LogP contribution in [0.2, 0.25) is 0 Å².